The molecule has 0 saturated carbocycles. The molecule has 0 aromatic heterocycles. The van der Waals surface area contributed by atoms with Crippen molar-refractivity contribution in [3.05, 3.63) is 59.2 Å². The Bertz CT molecular complexity index is 800. The molecule has 1 aliphatic rings. The summed E-state index contributed by atoms with van der Waals surface area (Å²) < 4.78 is 16.7. The number of benzene rings is 2. The first-order valence-electron chi connectivity index (χ1n) is 11.0. The van der Waals surface area contributed by atoms with Gasteiger partial charge in [-0.2, -0.15) is 0 Å². The maximum Gasteiger partial charge on any atom is 0.161 e. The van der Waals surface area contributed by atoms with Gasteiger partial charge in [-0.25, -0.2) is 0 Å². The summed E-state index contributed by atoms with van der Waals surface area (Å²) in [6.07, 6.45) is 3.37. The number of nitrogens with one attached hydrogen (secondary N) is 1. The molecule has 1 heterocycles. The van der Waals surface area contributed by atoms with Gasteiger partial charge in [-0.1, -0.05) is 35.9 Å². The Morgan fingerprint density at radius 2 is 1.80 bits per heavy atom. The second-order valence-corrected chi connectivity index (χ2v) is 9.03. The van der Waals surface area contributed by atoms with Crippen LogP contribution in [0.15, 0.2) is 42.5 Å². The first-order chi connectivity index (χ1) is 14.4. The maximum atomic E-state index is 5.99. The Morgan fingerprint density at radius 3 is 2.47 bits per heavy atom. The van der Waals surface area contributed by atoms with Gasteiger partial charge in [0.1, 0.15) is 0 Å². The minimum Gasteiger partial charge on any atom is -0.493 e. The molecule has 2 aromatic rings. The van der Waals surface area contributed by atoms with Crippen LogP contribution < -0.4 is 14.8 Å². The maximum absolute atomic E-state index is 5.99. The van der Waals surface area contributed by atoms with Gasteiger partial charge in [-0.3, -0.25) is 0 Å². The van der Waals surface area contributed by atoms with Crippen LogP contribution in [0.4, 0.5) is 0 Å². The molecule has 1 aliphatic heterocycles. The van der Waals surface area contributed by atoms with Crippen molar-refractivity contribution in [3.63, 3.8) is 0 Å². The Hall–Kier alpha value is -2.04. The lowest BCUT2D eigenvalue weighted by molar-refractivity contribution is -0.0771. The van der Waals surface area contributed by atoms with Crippen LogP contribution in [-0.4, -0.2) is 33.0 Å². The van der Waals surface area contributed by atoms with Crippen molar-refractivity contribution in [2.45, 2.75) is 58.1 Å². The minimum absolute atomic E-state index is 0.0288. The molecule has 164 valence electrons. The summed E-state index contributed by atoms with van der Waals surface area (Å²) in [5, 5.41) is 3.63. The zero-order valence-electron chi connectivity index (χ0n) is 19.2. The van der Waals surface area contributed by atoms with E-state index in [0.717, 1.165) is 50.5 Å². The van der Waals surface area contributed by atoms with Gasteiger partial charge in [-0.05, 0) is 81.7 Å². The Balaban J connectivity index is 1.63. The Morgan fingerprint density at radius 1 is 1.07 bits per heavy atom. The predicted molar refractivity (Wildman–Crippen MR) is 123 cm³/mol. The van der Waals surface area contributed by atoms with Crippen molar-refractivity contribution in [2.75, 3.05) is 27.4 Å². The first kappa shape index (κ1) is 22.6. The van der Waals surface area contributed by atoms with E-state index in [2.05, 4.69) is 56.4 Å². The topological polar surface area (TPSA) is 39.7 Å². The quantitative estimate of drug-likeness (QED) is 0.555. The van der Waals surface area contributed by atoms with Gasteiger partial charge in [0.25, 0.3) is 0 Å². The molecule has 2 aromatic carbocycles. The highest BCUT2D eigenvalue weighted by atomic mass is 16.5. The van der Waals surface area contributed by atoms with Gasteiger partial charge in [0.15, 0.2) is 11.5 Å². The van der Waals surface area contributed by atoms with Gasteiger partial charge < -0.3 is 19.5 Å². The van der Waals surface area contributed by atoms with Crippen molar-refractivity contribution >= 4 is 0 Å². The highest BCUT2D eigenvalue weighted by Gasteiger charge is 2.33. The van der Waals surface area contributed by atoms with Crippen molar-refractivity contribution in [3.8, 4) is 11.5 Å². The lowest BCUT2D eigenvalue weighted by Gasteiger charge is -2.39. The average Bonchev–Trinajstić information content (AvgIpc) is 2.73. The van der Waals surface area contributed by atoms with Crippen molar-refractivity contribution in [2.24, 2.45) is 5.92 Å². The van der Waals surface area contributed by atoms with Crippen LogP contribution in [0.2, 0.25) is 0 Å². The van der Waals surface area contributed by atoms with Gasteiger partial charge in [0.05, 0.1) is 19.8 Å². The van der Waals surface area contributed by atoms with Crippen LogP contribution in [0, 0.1) is 12.8 Å². The molecule has 1 saturated heterocycles. The molecule has 1 N–H and O–H groups in total. The van der Waals surface area contributed by atoms with E-state index in [9.17, 15) is 0 Å². The molecule has 30 heavy (non-hydrogen) atoms. The summed E-state index contributed by atoms with van der Waals surface area (Å²) in [5.41, 5.74) is 3.94. The fourth-order valence-corrected chi connectivity index (χ4v) is 4.59. The lowest BCUT2D eigenvalue weighted by Crippen LogP contribution is -2.36. The molecule has 0 bridgehead atoms. The number of methoxy groups -OCH3 is 2. The molecular weight excluding hydrogens is 374 g/mol. The van der Waals surface area contributed by atoms with Gasteiger partial charge in [-0.15, -0.1) is 0 Å². The Labute approximate surface area is 181 Å². The molecule has 0 radical (unpaired) electrons. The number of ether oxygens (including phenoxy) is 3. The van der Waals surface area contributed by atoms with Crippen LogP contribution >= 0.6 is 0 Å². The van der Waals surface area contributed by atoms with E-state index in [0.29, 0.717) is 11.8 Å². The van der Waals surface area contributed by atoms with Crippen LogP contribution in [0.1, 0.15) is 55.7 Å². The smallest absolute Gasteiger partial charge is 0.161 e. The molecule has 1 fully saturated rings. The second kappa shape index (κ2) is 10.3. The Kier molecular flexibility index (Phi) is 7.79. The molecule has 3 rings (SSSR count). The molecule has 4 nitrogen and oxygen atoms in total. The second-order valence-electron chi connectivity index (χ2n) is 9.03. The third-order valence-electron chi connectivity index (χ3n) is 6.22. The van der Waals surface area contributed by atoms with Crippen molar-refractivity contribution in [1.29, 1.82) is 0 Å². The van der Waals surface area contributed by atoms with Crippen LogP contribution in [-0.2, 0) is 11.3 Å². The molecule has 0 aliphatic carbocycles. The van der Waals surface area contributed by atoms with Gasteiger partial charge in [0.2, 0.25) is 0 Å². The number of rotatable bonds is 9. The fraction of sp³-hybridized carbons (Fsp3) is 0.538. The number of hydrogen-bond donors (Lipinski definition) is 1. The van der Waals surface area contributed by atoms with E-state index >= 15 is 0 Å². The first-order valence-corrected chi connectivity index (χ1v) is 11.0. The summed E-state index contributed by atoms with van der Waals surface area (Å²) in [6.45, 7) is 9.26. The summed E-state index contributed by atoms with van der Waals surface area (Å²) >= 11 is 0. The molecule has 4 heteroatoms. The van der Waals surface area contributed by atoms with E-state index in [4.69, 9.17) is 14.2 Å². The van der Waals surface area contributed by atoms with E-state index < -0.39 is 0 Å². The van der Waals surface area contributed by atoms with Crippen LogP contribution in [0.25, 0.3) is 0 Å². The molecule has 0 amide bonds. The summed E-state index contributed by atoms with van der Waals surface area (Å²) in [5.74, 6) is 2.74. The minimum atomic E-state index is -0.0288. The fourth-order valence-electron chi connectivity index (χ4n) is 4.59. The highest BCUT2D eigenvalue weighted by molar-refractivity contribution is 5.42. The van der Waals surface area contributed by atoms with E-state index in [1.54, 1.807) is 14.2 Å². The normalized spacial score (nSPS) is 19.3. The van der Waals surface area contributed by atoms with Gasteiger partial charge in [0, 0.05) is 13.2 Å². The van der Waals surface area contributed by atoms with Crippen molar-refractivity contribution < 1.29 is 14.2 Å². The zero-order valence-corrected chi connectivity index (χ0v) is 19.2. The van der Waals surface area contributed by atoms with Crippen molar-refractivity contribution in [1.82, 2.24) is 5.32 Å². The predicted octanol–water partition coefficient (Wildman–Crippen LogP) is 5.48. The molecule has 0 spiro atoms. The number of hydrogen-bond acceptors (Lipinski definition) is 4. The average molecular weight is 412 g/mol. The number of aryl methyl sites for hydroxylation is 1. The largest absolute Gasteiger partial charge is 0.493 e. The lowest BCUT2D eigenvalue weighted by atomic mass is 9.75. The third kappa shape index (κ3) is 5.99. The van der Waals surface area contributed by atoms with Crippen LogP contribution in [0.3, 0.4) is 0 Å². The zero-order chi connectivity index (χ0) is 21.6. The molecule has 2 atom stereocenters. The highest BCUT2D eigenvalue weighted by Crippen LogP contribution is 2.40. The van der Waals surface area contributed by atoms with Gasteiger partial charge >= 0.3 is 0 Å². The standard InChI is InChI=1S/C26H37NO3/c1-19-6-9-21(10-7-19)23(22-13-15-30-26(2,3)17-22)12-14-27-18-20-8-11-24(28-4)25(16-20)29-5/h6-11,16,22-23,27H,12-15,17-18H2,1-5H3. The van der Waals surface area contributed by atoms with E-state index in [-0.39, 0.29) is 5.60 Å². The van der Waals surface area contributed by atoms with E-state index in [1.165, 1.54) is 16.7 Å². The summed E-state index contributed by atoms with van der Waals surface area (Å²) in [7, 11) is 3.34. The van der Waals surface area contributed by atoms with E-state index in [1.807, 2.05) is 12.1 Å². The molecular formula is C26H37NO3. The third-order valence-corrected chi connectivity index (χ3v) is 6.22. The monoisotopic (exact) mass is 411 g/mol. The summed E-state index contributed by atoms with van der Waals surface area (Å²) in [6, 6.07) is 15.2. The van der Waals surface area contributed by atoms with Crippen LogP contribution in [0.5, 0.6) is 11.5 Å². The SMILES string of the molecule is COc1ccc(CNCCC(c2ccc(C)cc2)C2CCOC(C)(C)C2)cc1OC. The molecule has 2 unspecified atom stereocenters. The summed E-state index contributed by atoms with van der Waals surface area (Å²) in [4.78, 5) is 0.